The van der Waals surface area contributed by atoms with Gasteiger partial charge in [0.2, 0.25) is 0 Å². The molecule has 4 aromatic carbocycles. The van der Waals surface area contributed by atoms with Crippen LogP contribution in [0.15, 0.2) is 103 Å². The Bertz CT molecular complexity index is 1250. The molecule has 0 unspecified atom stereocenters. The molecule has 164 valence electrons. The van der Waals surface area contributed by atoms with E-state index in [1.165, 1.54) is 12.1 Å². The fourth-order valence-electron chi connectivity index (χ4n) is 3.19. The molecule has 0 saturated heterocycles. The molecule has 4 aromatic rings. The molecule has 0 aromatic heterocycles. The Morgan fingerprint density at radius 3 is 2.03 bits per heavy atom. The van der Waals surface area contributed by atoms with Crippen LogP contribution in [0.3, 0.4) is 0 Å². The third-order valence-corrected chi connectivity index (χ3v) is 4.81. The van der Waals surface area contributed by atoms with E-state index in [0.717, 1.165) is 11.1 Å². The fourth-order valence-corrected chi connectivity index (χ4v) is 3.19. The van der Waals surface area contributed by atoms with Gasteiger partial charge in [-0.25, -0.2) is 4.79 Å². The Labute approximate surface area is 219 Å². The fraction of sp³-hybridized carbons (Fsp3) is 0.0370. The van der Waals surface area contributed by atoms with Crippen molar-refractivity contribution in [3.8, 4) is 22.6 Å². The van der Waals surface area contributed by atoms with Crippen molar-refractivity contribution in [1.29, 1.82) is 0 Å². The topological polar surface area (TPSA) is 87.7 Å². The molecule has 6 nitrogen and oxygen atoms in total. The molecule has 0 saturated carbocycles. The van der Waals surface area contributed by atoms with Crippen LogP contribution in [0.2, 0.25) is 0 Å². The number of ether oxygens (including phenoxy) is 2. The molecule has 4 rings (SSSR count). The van der Waals surface area contributed by atoms with Gasteiger partial charge in [0.1, 0.15) is 18.1 Å². The second-order valence-corrected chi connectivity index (χ2v) is 7.21. The van der Waals surface area contributed by atoms with E-state index in [9.17, 15) is 14.7 Å². The Balaban J connectivity index is 0.00000324. The van der Waals surface area contributed by atoms with Crippen LogP contribution in [0, 0.1) is 0 Å². The summed E-state index contributed by atoms with van der Waals surface area (Å²) in [6, 6.07) is 30.0. The van der Waals surface area contributed by atoms with Crippen LogP contribution in [0.1, 0.15) is 15.9 Å². The third-order valence-electron chi connectivity index (χ3n) is 4.81. The van der Waals surface area contributed by atoms with E-state index in [1.807, 2.05) is 36.4 Å². The number of rotatable bonds is 7. The Kier molecular flexibility index (Phi) is 8.87. The van der Waals surface area contributed by atoms with Gasteiger partial charge in [-0.05, 0) is 59.2 Å². The average Bonchev–Trinajstić information content (AvgIpc) is 2.84. The number of aromatic carboxylic acids is 1. The number of amides is 1. The summed E-state index contributed by atoms with van der Waals surface area (Å²) in [7, 11) is 0. The van der Waals surface area contributed by atoms with Crippen molar-refractivity contribution in [3.05, 3.63) is 114 Å². The molecule has 0 heterocycles. The molecule has 0 aliphatic rings. The zero-order valence-corrected chi connectivity index (χ0v) is 20.6. The van der Waals surface area contributed by atoms with Gasteiger partial charge in [-0.15, -0.1) is 0 Å². The van der Waals surface area contributed by atoms with Gasteiger partial charge in [0.15, 0.2) is 0 Å². The molecule has 34 heavy (non-hydrogen) atoms. The van der Waals surface area contributed by atoms with Gasteiger partial charge in [0, 0.05) is 11.3 Å². The summed E-state index contributed by atoms with van der Waals surface area (Å²) >= 11 is 0. The number of carboxylic acid groups (broad SMARTS) is 1. The van der Waals surface area contributed by atoms with Crippen molar-refractivity contribution in [2.45, 2.75) is 6.61 Å². The van der Waals surface area contributed by atoms with Crippen LogP contribution in [-0.4, -0.2) is 12.1 Å². The number of carbonyl (C=O) groups excluding carboxylic acids is 2. The second-order valence-electron chi connectivity index (χ2n) is 7.21. The summed E-state index contributed by atoms with van der Waals surface area (Å²) in [5.74, 6) is -0.429. The van der Waals surface area contributed by atoms with E-state index in [2.05, 4.69) is 5.32 Å². The predicted molar refractivity (Wildman–Crippen MR) is 123 cm³/mol. The van der Waals surface area contributed by atoms with Crippen molar-refractivity contribution in [3.63, 3.8) is 0 Å². The monoisotopic (exact) mass is 461 g/mol. The molecule has 0 fully saturated rings. The molecule has 0 bridgehead atoms. The Hall–Kier alpha value is -3.58. The minimum atomic E-state index is -1.29. The standard InChI is InChI=1S/C27H21NO5.Na/c29-26(30)22-15-21(16-25(17-22)32-18-19-7-3-1-4-8-19)20-11-13-23(14-12-20)28-27(31)33-24-9-5-2-6-10-24;/h1-17H,18H2,(H,28,31)(H,29,30);/q;+1/p-1. The number of carbonyl (C=O) groups is 2. The number of para-hydroxylation sites is 1. The first-order valence-electron chi connectivity index (χ1n) is 10.2. The number of carboxylic acids is 1. The van der Waals surface area contributed by atoms with Gasteiger partial charge < -0.3 is 19.4 Å². The largest absolute Gasteiger partial charge is 1.00 e. The van der Waals surface area contributed by atoms with Crippen molar-refractivity contribution >= 4 is 17.7 Å². The molecule has 0 spiro atoms. The maximum absolute atomic E-state index is 12.1. The van der Waals surface area contributed by atoms with Crippen molar-refractivity contribution in [2.75, 3.05) is 5.32 Å². The van der Waals surface area contributed by atoms with Crippen LogP contribution < -0.4 is 49.5 Å². The number of hydrogen-bond donors (Lipinski definition) is 1. The third kappa shape index (κ3) is 6.96. The molecule has 7 heteroatoms. The molecule has 0 atom stereocenters. The zero-order valence-electron chi connectivity index (χ0n) is 18.6. The van der Waals surface area contributed by atoms with Crippen LogP contribution in [-0.2, 0) is 6.61 Å². The van der Waals surface area contributed by atoms with Crippen molar-refractivity contribution in [2.24, 2.45) is 0 Å². The number of nitrogens with one attached hydrogen (secondary N) is 1. The summed E-state index contributed by atoms with van der Waals surface area (Å²) in [6.45, 7) is 0.309. The van der Waals surface area contributed by atoms with Gasteiger partial charge in [0.25, 0.3) is 0 Å². The summed E-state index contributed by atoms with van der Waals surface area (Å²) in [4.78, 5) is 23.6. The normalized spacial score (nSPS) is 10.0. The zero-order chi connectivity index (χ0) is 23.0. The maximum atomic E-state index is 12.1. The van der Waals surface area contributed by atoms with Crippen LogP contribution in [0.4, 0.5) is 10.5 Å². The Morgan fingerprint density at radius 1 is 0.735 bits per heavy atom. The van der Waals surface area contributed by atoms with E-state index in [1.54, 1.807) is 54.6 Å². The van der Waals surface area contributed by atoms with Crippen LogP contribution in [0.5, 0.6) is 11.5 Å². The molecule has 1 N–H and O–H groups in total. The minimum absolute atomic E-state index is 0. The summed E-state index contributed by atoms with van der Waals surface area (Å²) in [6.07, 6.45) is -0.607. The SMILES string of the molecule is O=C(Nc1ccc(-c2cc(OCc3ccccc3)cc(C(=O)[O-])c2)cc1)Oc1ccccc1.[Na+]. The van der Waals surface area contributed by atoms with E-state index in [4.69, 9.17) is 9.47 Å². The van der Waals surface area contributed by atoms with E-state index < -0.39 is 12.1 Å². The van der Waals surface area contributed by atoms with Gasteiger partial charge >= 0.3 is 35.7 Å². The van der Waals surface area contributed by atoms with Crippen molar-refractivity contribution < 1.29 is 53.7 Å². The minimum Gasteiger partial charge on any atom is -0.545 e. The first kappa shape index (κ1) is 25.1. The average molecular weight is 461 g/mol. The Morgan fingerprint density at radius 2 is 1.38 bits per heavy atom. The molecule has 1 amide bonds. The smallest absolute Gasteiger partial charge is 0.545 e. The van der Waals surface area contributed by atoms with Gasteiger partial charge in [-0.2, -0.15) is 0 Å². The predicted octanol–water partition coefficient (Wildman–Crippen LogP) is 1.91. The number of anilines is 1. The van der Waals surface area contributed by atoms with E-state index >= 15 is 0 Å². The molecule has 0 aliphatic heterocycles. The molecular weight excluding hydrogens is 441 g/mol. The number of hydrogen-bond acceptors (Lipinski definition) is 5. The summed E-state index contributed by atoms with van der Waals surface area (Å²) < 4.78 is 11.0. The van der Waals surface area contributed by atoms with Crippen LogP contribution >= 0.6 is 0 Å². The van der Waals surface area contributed by atoms with Crippen molar-refractivity contribution in [1.82, 2.24) is 0 Å². The molecular formula is C27H20NNaO5. The molecule has 0 radical (unpaired) electrons. The van der Waals surface area contributed by atoms with E-state index in [-0.39, 0.29) is 35.1 Å². The second kappa shape index (κ2) is 12.0. The first-order valence-corrected chi connectivity index (χ1v) is 10.2. The maximum Gasteiger partial charge on any atom is 1.00 e. The molecule has 0 aliphatic carbocycles. The van der Waals surface area contributed by atoms with Crippen LogP contribution in [0.25, 0.3) is 11.1 Å². The van der Waals surface area contributed by atoms with E-state index in [0.29, 0.717) is 29.4 Å². The summed E-state index contributed by atoms with van der Waals surface area (Å²) in [5, 5.41) is 14.2. The number of benzene rings is 4. The quantitative estimate of drug-likeness (QED) is 0.425. The first-order chi connectivity index (χ1) is 16.1. The van der Waals surface area contributed by atoms with Gasteiger partial charge in [-0.1, -0.05) is 60.7 Å². The van der Waals surface area contributed by atoms with Gasteiger partial charge in [-0.3, -0.25) is 5.32 Å². The summed E-state index contributed by atoms with van der Waals surface area (Å²) in [5.41, 5.74) is 2.93. The van der Waals surface area contributed by atoms with Gasteiger partial charge in [0.05, 0.1) is 5.97 Å².